The number of fused-ring (bicyclic) bond motifs is 1. The largest absolute Gasteiger partial charge is 0.353 e. The van der Waals surface area contributed by atoms with Crippen molar-refractivity contribution >= 4 is 11.6 Å². The molecule has 130 valence electrons. The van der Waals surface area contributed by atoms with Crippen molar-refractivity contribution in [3.8, 4) is 0 Å². The van der Waals surface area contributed by atoms with Gasteiger partial charge in [0, 0.05) is 37.8 Å². The normalized spacial score (nSPS) is 20.1. The number of anilines is 2. The van der Waals surface area contributed by atoms with Crippen LogP contribution in [0.1, 0.15) is 48.6 Å². The van der Waals surface area contributed by atoms with E-state index in [0.717, 1.165) is 37.6 Å². The van der Waals surface area contributed by atoms with Crippen LogP contribution in [0, 0.1) is 0 Å². The van der Waals surface area contributed by atoms with Crippen molar-refractivity contribution in [2.24, 2.45) is 0 Å². The van der Waals surface area contributed by atoms with Gasteiger partial charge in [-0.1, -0.05) is 0 Å². The van der Waals surface area contributed by atoms with Crippen molar-refractivity contribution in [2.45, 2.75) is 50.5 Å². The number of aryl methyl sites for hydroxylation is 2. The summed E-state index contributed by atoms with van der Waals surface area (Å²) in [6.07, 6.45) is 9.03. The Hall–Kier alpha value is -2.24. The van der Waals surface area contributed by atoms with Crippen LogP contribution in [0.15, 0.2) is 18.5 Å². The molecule has 0 bridgehead atoms. The standard InChI is InChI=1S/C19H24N6/c1-24(18-9-17(13-6-7-13)20-12-21-18)15-10-25(11-15)19-8-14-4-2-3-5-16(14)22-23-19/h8-9,12-13,15H,2-7,10-11H2,1H3. The number of nitrogens with zero attached hydrogens (tertiary/aromatic N) is 6. The summed E-state index contributed by atoms with van der Waals surface area (Å²) in [5.41, 5.74) is 3.81. The third-order valence-electron chi connectivity index (χ3n) is 5.82. The molecule has 3 aliphatic rings. The topological polar surface area (TPSA) is 58.0 Å². The van der Waals surface area contributed by atoms with E-state index in [1.807, 2.05) is 0 Å². The van der Waals surface area contributed by atoms with Gasteiger partial charge in [-0.05, 0) is 50.2 Å². The van der Waals surface area contributed by atoms with Crippen LogP contribution in [-0.2, 0) is 12.8 Å². The fraction of sp³-hybridized carbons (Fsp3) is 0.579. The summed E-state index contributed by atoms with van der Waals surface area (Å²) < 4.78 is 0. The molecule has 1 saturated carbocycles. The Balaban J connectivity index is 1.26. The highest BCUT2D eigenvalue weighted by Crippen LogP contribution is 2.39. The van der Waals surface area contributed by atoms with Crippen LogP contribution < -0.4 is 9.80 Å². The van der Waals surface area contributed by atoms with E-state index >= 15 is 0 Å². The molecule has 2 fully saturated rings. The Morgan fingerprint density at radius 2 is 1.88 bits per heavy atom. The molecule has 5 rings (SSSR count). The zero-order chi connectivity index (χ0) is 16.8. The lowest BCUT2D eigenvalue weighted by atomic mass is 9.96. The fourth-order valence-electron chi connectivity index (χ4n) is 3.86. The first-order chi connectivity index (χ1) is 12.3. The molecule has 2 aromatic heterocycles. The minimum Gasteiger partial charge on any atom is -0.353 e. The van der Waals surface area contributed by atoms with Gasteiger partial charge in [-0.15, -0.1) is 5.10 Å². The molecule has 2 aliphatic carbocycles. The molecule has 0 aromatic carbocycles. The SMILES string of the molecule is CN(c1cc(C2CC2)ncn1)C1CN(c2cc3c(nn2)CCCC3)C1. The van der Waals surface area contributed by atoms with Crippen molar-refractivity contribution < 1.29 is 0 Å². The summed E-state index contributed by atoms with van der Waals surface area (Å²) in [5, 5.41) is 8.92. The van der Waals surface area contributed by atoms with Crippen molar-refractivity contribution in [3.05, 3.63) is 35.4 Å². The van der Waals surface area contributed by atoms with E-state index in [1.54, 1.807) is 6.33 Å². The van der Waals surface area contributed by atoms with E-state index in [2.05, 4.69) is 49.1 Å². The molecule has 0 amide bonds. The minimum atomic E-state index is 0.472. The van der Waals surface area contributed by atoms with Crippen LogP contribution in [-0.4, -0.2) is 46.3 Å². The van der Waals surface area contributed by atoms with E-state index < -0.39 is 0 Å². The lowest BCUT2D eigenvalue weighted by Gasteiger charge is -2.45. The number of hydrogen-bond acceptors (Lipinski definition) is 6. The van der Waals surface area contributed by atoms with E-state index in [4.69, 9.17) is 0 Å². The Labute approximate surface area is 148 Å². The number of hydrogen-bond donors (Lipinski definition) is 0. The average molecular weight is 336 g/mol. The Morgan fingerprint density at radius 1 is 1.04 bits per heavy atom. The van der Waals surface area contributed by atoms with Gasteiger partial charge in [0.05, 0.1) is 11.7 Å². The van der Waals surface area contributed by atoms with Crippen LogP contribution in [0.4, 0.5) is 11.6 Å². The van der Waals surface area contributed by atoms with E-state index in [9.17, 15) is 0 Å². The molecule has 0 radical (unpaired) electrons. The quantitative estimate of drug-likeness (QED) is 0.854. The highest BCUT2D eigenvalue weighted by Gasteiger charge is 2.33. The molecule has 0 unspecified atom stereocenters. The van der Waals surface area contributed by atoms with Crippen LogP contribution in [0.25, 0.3) is 0 Å². The van der Waals surface area contributed by atoms with Crippen molar-refractivity contribution in [1.82, 2.24) is 20.2 Å². The number of rotatable bonds is 4. The van der Waals surface area contributed by atoms with Crippen molar-refractivity contribution in [1.29, 1.82) is 0 Å². The van der Waals surface area contributed by atoms with Gasteiger partial charge in [0.2, 0.25) is 0 Å². The third-order valence-corrected chi connectivity index (χ3v) is 5.82. The van der Waals surface area contributed by atoms with E-state index in [1.165, 1.54) is 42.6 Å². The van der Waals surface area contributed by atoms with E-state index in [0.29, 0.717) is 12.0 Å². The maximum absolute atomic E-state index is 4.48. The first-order valence-electron chi connectivity index (χ1n) is 9.43. The van der Waals surface area contributed by atoms with Gasteiger partial charge in [0.1, 0.15) is 12.1 Å². The van der Waals surface area contributed by atoms with Crippen LogP contribution in [0.2, 0.25) is 0 Å². The maximum atomic E-state index is 4.48. The summed E-state index contributed by atoms with van der Waals surface area (Å²) in [7, 11) is 2.14. The second-order valence-corrected chi connectivity index (χ2v) is 7.63. The molecule has 0 spiro atoms. The molecule has 2 aromatic rings. The Morgan fingerprint density at radius 3 is 2.72 bits per heavy atom. The van der Waals surface area contributed by atoms with Crippen molar-refractivity contribution in [2.75, 3.05) is 29.9 Å². The second kappa shape index (κ2) is 5.93. The molecule has 0 atom stereocenters. The van der Waals surface area contributed by atoms with Gasteiger partial charge in [0.15, 0.2) is 5.82 Å². The van der Waals surface area contributed by atoms with Crippen molar-refractivity contribution in [3.63, 3.8) is 0 Å². The monoisotopic (exact) mass is 336 g/mol. The summed E-state index contributed by atoms with van der Waals surface area (Å²) in [5.74, 6) is 2.74. The third kappa shape index (κ3) is 2.83. The lowest BCUT2D eigenvalue weighted by molar-refractivity contribution is 0.486. The van der Waals surface area contributed by atoms with Gasteiger partial charge in [0.25, 0.3) is 0 Å². The van der Waals surface area contributed by atoms with Gasteiger partial charge < -0.3 is 9.80 Å². The first kappa shape index (κ1) is 15.0. The highest BCUT2D eigenvalue weighted by molar-refractivity contribution is 5.49. The lowest BCUT2D eigenvalue weighted by Crippen LogP contribution is -2.59. The smallest absolute Gasteiger partial charge is 0.151 e. The molecule has 6 heteroatoms. The second-order valence-electron chi connectivity index (χ2n) is 7.63. The average Bonchev–Trinajstić information content (AvgIpc) is 3.45. The summed E-state index contributed by atoms with van der Waals surface area (Å²) in [4.78, 5) is 13.5. The molecule has 0 N–H and O–H groups in total. The molecule has 3 heterocycles. The van der Waals surface area contributed by atoms with Crippen LogP contribution in [0.3, 0.4) is 0 Å². The Bertz CT molecular complexity index is 781. The molecule has 1 aliphatic heterocycles. The van der Waals surface area contributed by atoms with E-state index in [-0.39, 0.29) is 0 Å². The summed E-state index contributed by atoms with van der Waals surface area (Å²) in [6, 6.07) is 4.90. The van der Waals surface area contributed by atoms with Gasteiger partial charge in [-0.25, -0.2) is 9.97 Å². The number of aromatic nitrogens is 4. The van der Waals surface area contributed by atoms with Gasteiger partial charge in [-0.2, -0.15) is 5.10 Å². The molecule has 1 saturated heterocycles. The number of likely N-dealkylation sites (N-methyl/N-ethyl adjacent to an activating group) is 1. The Kier molecular flexibility index (Phi) is 3.57. The minimum absolute atomic E-state index is 0.472. The molecule has 6 nitrogen and oxygen atoms in total. The maximum Gasteiger partial charge on any atom is 0.151 e. The molecule has 25 heavy (non-hydrogen) atoms. The highest BCUT2D eigenvalue weighted by atomic mass is 15.4. The van der Waals surface area contributed by atoms with Gasteiger partial charge >= 0.3 is 0 Å². The first-order valence-corrected chi connectivity index (χ1v) is 9.43. The predicted molar refractivity (Wildman–Crippen MR) is 97.1 cm³/mol. The summed E-state index contributed by atoms with van der Waals surface area (Å²) in [6.45, 7) is 1.96. The molecular weight excluding hydrogens is 312 g/mol. The molecular formula is C19H24N6. The van der Waals surface area contributed by atoms with Gasteiger partial charge in [-0.3, -0.25) is 0 Å². The van der Waals surface area contributed by atoms with Crippen LogP contribution in [0.5, 0.6) is 0 Å². The zero-order valence-electron chi connectivity index (χ0n) is 14.7. The van der Waals surface area contributed by atoms with Crippen LogP contribution >= 0.6 is 0 Å². The fourth-order valence-corrected chi connectivity index (χ4v) is 3.86. The zero-order valence-corrected chi connectivity index (χ0v) is 14.7. The summed E-state index contributed by atoms with van der Waals surface area (Å²) >= 11 is 0. The predicted octanol–water partition coefficient (Wildman–Crippen LogP) is 2.35.